The topological polar surface area (TPSA) is 21.3 Å². The van der Waals surface area contributed by atoms with Gasteiger partial charge in [-0.1, -0.05) is 12.1 Å². The van der Waals surface area contributed by atoms with Gasteiger partial charge in [-0.2, -0.15) is 0 Å². The highest BCUT2D eigenvalue weighted by Crippen LogP contribution is 2.32. The molecule has 1 aromatic rings. The van der Waals surface area contributed by atoms with E-state index in [9.17, 15) is 0 Å². The molecule has 17 heavy (non-hydrogen) atoms. The Bertz CT molecular complexity index is 358. The molecule has 2 rings (SSSR count). The van der Waals surface area contributed by atoms with E-state index in [1.54, 1.807) is 0 Å². The molecule has 0 spiro atoms. The van der Waals surface area contributed by atoms with Crippen LogP contribution in [0.15, 0.2) is 24.3 Å². The molecule has 1 aromatic carbocycles. The van der Waals surface area contributed by atoms with Crippen molar-refractivity contribution < 1.29 is 4.74 Å². The van der Waals surface area contributed by atoms with Gasteiger partial charge in [-0.3, -0.25) is 0 Å². The predicted octanol–water partition coefficient (Wildman–Crippen LogP) is 3.36. The highest BCUT2D eigenvalue weighted by Gasteiger charge is 2.27. The van der Waals surface area contributed by atoms with Crippen LogP contribution in [0.3, 0.4) is 0 Å². The zero-order chi connectivity index (χ0) is 12.3. The van der Waals surface area contributed by atoms with Gasteiger partial charge in [0, 0.05) is 12.6 Å². The average molecular weight is 233 g/mol. The van der Waals surface area contributed by atoms with Crippen molar-refractivity contribution in [3.63, 3.8) is 0 Å². The van der Waals surface area contributed by atoms with E-state index in [0.717, 1.165) is 18.2 Å². The van der Waals surface area contributed by atoms with Gasteiger partial charge in [0.25, 0.3) is 0 Å². The molecule has 2 heteroatoms. The number of nitrogens with one attached hydrogen (secondary N) is 1. The van der Waals surface area contributed by atoms with Crippen molar-refractivity contribution >= 4 is 0 Å². The summed E-state index contributed by atoms with van der Waals surface area (Å²) in [5, 5.41) is 3.59. The normalized spacial score (nSPS) is 17.2. The Morgan fingerprint density at radius 3 is 2.71 bits per heavy atom. The summed E-state index contributed by atoms with van der Waals surface area (Å²) in [6.45, 7) is 7.33. The van der Waals surface area contributed by atoms with Gasteiger partial charge in [0.1, 0.15) is 5.75 Å². The second-order valence-corrected chi connectivity index (χ2v) is 5.32. The van der Waals surface area contributed by atoms with Gasteiger partial charge in [0.2, 0.25) is 0 Å². The van der Waals surface area contributed by atoms with E-state index in [2.05, 4.69) is 44.3 Å². The largest absolute Gasteiger partial charge is 0.491 e. The van der Waals surface area contributed by atoms with E-state index < -0.39 is 0 Å². The molecule has 0 heterocycles. The van der Waals surface area contributed by atoms with Crippen LogP contribution in [-0.2, 0) is 6.54 Å². The van der Waals surface area contributed by atoms with Crippen molar-refractivity contribution in [3.8, 4) is 5.75 Å². The zero-order valence-electron chi connectivity index (χ0n) is 11.1. The Labute approximate surface area is 104 Å². The molecule has 1 unspecified atom stereocenters. The van der Waals surface area contributed by atoms with Crippen LogP contribution < -0.4 is 10.1 Å². The van der Waals surface area contributed by atoms with Crippen molar-refractivity contribution in [2.75, 3.05) is 0 Å². The van der Waals surface area contributed by atoms with Crippen LogP contribution in [0, 0.1) is 5.92 Å². The molecule has 0 saturated heterocycles. The van der Waals surface area contributed by atoms with Crippen LogP contribution >= 0.6 is 0 Å². The van der Waals surface area contributed by atoms with E-state index in [0.29, 0.717) is 6.04 Å². The van der Waals surface area contributed by atoms with E-state index in [-0.39, 0.29) is 6.10 Å². The second kappa shape index (κ2) is 5.54. The third kappa shape index (κ3) is 4.04. The summed E-state index contributed by atoms with van der Waals surface area (Å²) in [6.07, 6.45) is 3.03. The summed E-state index contributed by atoms with van der Waals surface area (Å²) in [4.78, 5) is 0. The molecule has 1 atom stereocenters. The fourth-order valence-electron chi connectivity index (χ4n) is 2.04. The molecule has 94 valence electrons. The van der Waals surface area contributed by atoms with Gasteiger partial charge in [0.05, 0.1) is 6.10 Å². The smallest absolute Gasteiger partial charge is 0.120 e. The van der Waals surface area contributed by atoms with Crippen molar-refractivity contribution in [3.05, 3.63) is 29.8 Å². The number of hydrogen-bond acceptors (Lipinski definition) is 2. The van der Waals surface area contributed by atoms with Gasteiger partial charge in [-0.15, -0.1) is 0 Å². The van der Waals surface area contributed by atoms with Gasteiger partial charge in [-0.25, -0.2) is 0 Å². The minimum Gasteiger partial charge on any atom is -0.491 e. The van der Waals surface area contributed by atoms with Crippen LogP contribution in [0.25, 0.3) is 0 Å². The van der Waals surface area contributed by atoms with Crippen molar-refractivity contribution in [2.45, 2.75) is 52.3 Å². The first kappa shape index (κ1) is 12.4. The molecule has 0 aromatic heterocycles. The highest BCUT2D eigenvalue weighted by atomic mass is 16.5. The first-order valence-electron chi connectivity index (χ1n) is 6.64. The van der Waals surface area contributed by atoms with Crippen LogP contribution in [-0.4, -0.2) is 12.1 Å². The van der Waals surface area contributed by atoms with Gasteiger partial charge in [0.15, 0.2) is 0 Å². The minimum atomic E-state index is 0.239. The van der Waals surface area contributed by atoms with Gasteiger partial charge < -0.3 is 10.1 Å². The Hall–Kier alpha value is -1.02. The summed E-state index contributed by atoms with van der Waals surface area (Å²) in [5.41, 5.74) is 1.30. The molecule has 1 aliphatic carbocycles. The first-order valence-corrected chi connectivity index (χ1v) is 6.64. The maximum Gasteiger partial charge on any atom is 0.120 e. The third-order valence-corrected chi connectivity index (χ3v) is 3.23. The summed E-state index contributed by atoms with van der Waals surface area (Å²) in [6, 6.07) is 9.02. The number of rotatable bonds is 6. The molecule has 0 aliphatic heterocycles. The quantitative estimate of drug-likeness (QED) is 0.813. The van der Waals surface area contributed by atoms with E-state index in [1.165, 1.54) is 18.4 Å². The average Bonchev–Trinajstić information content (AvgIpc) is 3.09. The molecule has 1 aliphatic rings. The summed E-state index contributed by atoms with van der Waals surface area (Å²) in [5.74, 6) is 1.88. The lowest BCUT2D eigenvalue weighted by Crippen LogP contribution is -2.27. The molecular formula is C15H23NO. The molecular weight excluding hydrogens is 210 g/mol. The zero-order valence-corrected chi connectivity index (χ0v) is 11.1. The standard InChI is InChI=1S/C15H23NO/c1-11(2)17-15-6-4-5-13(9-15)10-16-12(3)14-7-8-14/h4-6,9,11-12,14,16H,7-8,10H2,1-3H3. The Morgan fingerprint density at radius 2 is 2.06 bits per heavy atom. The Morgan fingerprint density at radius 1 is 1.29 bits per heavy atom. The van der Waals surface area contributed by atoms with E-state index in [1.807, 2.05) is 6.07 Å². The maximum absolute atomic E-state index is 5.69. The monoisotopic (exact) mass is 233 g/mol. The van der Waals surface area contributed by atoms with Crippen molar-refractivity contribution in [2.24, 2.45) is 5.92 Å². The molecule has 1 N–H and O–H groups in total. The van der Waals surface area contributed by atoms with Crippen LogP contribution in [0.2, 0.25) is 0 Å². The lowest BCUT2D eigenvalue weighted by atomic mass is 10.1. The first-order chi connectivity index (χ1) is 8.15. The lowest BCUT2D eigenvalue weighted by Gasteiger charge is -2.14. The number of hydrogen-bond donors (Lipinski definition) is 1. The van der Waals surface area contributed by atoms with Crippen molar-refractivity contribution in [1.82, 2.24) is 5.32 Å². The lowest BCUT2D eigenvalue weighted by molar-refractivity contribution is 0.242. The predicted molar refractivity (Wildman–Crippen MR) is 71.2 cm³/mol. The molecule has 0 amide bonds. The van der Waals surface area contributed by atoms with Gasteiger partial charge in [-0.05, 0) is 57.2 Å². The number of benzene rings is 1. The molecule has 1 saturated carbocycles. The molecule has 0 radical (unpaired) electrons. The Balaban J connectivity index is 1.86. The fraction of sp³-hybridized carbons (Fsp3) is 0.600. The third-order valence-electron chi connectivity index (χ3n) is 3.23. The van der Waals surface area contributed by atoms with Gasteiger partial charge >= 0.3 is 0 Å². The van der Waals surface area contributed by atoms with Crippen molar-refractivity contribution in [1.29, 1.82) is 0 Å². The number of ether oxygens (including phenoxy) is 1. The summed E-state index contributed by atoms with van der Waals surface area (Å²) >= 11 is 0. The summed E-state index contributed by atoms with van der Waals surface area (Å²) in [7, 11) is 0. The second-order valence-electron chi connectivity index (χ2n) is 5.32. The molecule has 2 nitrogen and oxygen atoms in total. The minimum absolute atomic E-state index is 0.239. The maximum atomic E-state index is 5.69. The van der Waals surface area contributed by atoms with Crippen LogP contribution in [0.1, 0.15) is 39.2 Å². The molecule has 1 fully saturated rings. The molecule has 0 bridgehead atoms. The highest BCUT2D eigenvalue weighted by molar-refractivity contribution is 5.28. The SMILES string of the molecule is CC(C)Oc1cccc(CNC(C)C2CC2)c1. The van der Waals surface area contributed by atoms with E-state index in [4.69, 9.17) is 4.74 Å². The van der Waals surface area contributed by atoms with E-state index >= 15 is 0 Å². The van der Waals surface area contributed by atoms with Crippen LogP contribution in [0.4, 0.5) is 0 Å². The fourth-order valence-corrected chi connectivity index (χ4v) is 2.04. The Kier molecular flexibility index (Phi) is 4.06. The summed E-state index contributed by atoms with van der Waals surface area (Å²) < 4.78 is 5.69. The van der Waals surface area contributed by atoms with Crippen LogP contribution in [0.5, 0.6) is 5.75 Å².